The van der Waals surface area contributed by atoms with E-state index in [0.717, 1.165) is 48.4 Å². The van der Waals surface area contributed by atoms with E-state index in [1.807, 2.05) is 32.7 Å². The number of rotatable bonds is 2. The summed E-state index contributed by atoms with van der Waals surface area (Å²) in [6, 6.07) is -0.0501. The molecule has 34 heavy (non-hydrogen) atoms. The number of aryl methyl sites for hydroxylation is 1. The van der Waals surface area contributed by atoms with E-state index >= 15 is 0 Å². The molecular weight excluding hydrogens is 444 g/mol. The molecule has 3 rings (SSSR count). The molecule has 3 heterocycles. The Bertz CT molecular complexity index is 921. The van der Waals surface area contributed by atoms with E-state index in [1.165, 1.54) is 0 Å². The molecule has 1 amide bonds. The highest BCUT2D eigenvalue weighted by Gasteiger charge is 2.52. The second-order valence-corrected chi connectivity index (χ2v) is 12.8. The molecule has 2 aliphatic heterocycles. The number of aromatic nitrogens is 1. The van der Waals surface area contributed by atoms with Gasteiger partial charge in [-0.15, -0.1) is 11.3 Å². The minimum atomic E-state index is -0.497. The summed E-state index contributed by atoms with van der Waals surface area (Å²) in [7, 11) is 1.90. The number of Topliss-reactive ketones (excluding diaryl/α,β-unsaturated/α-hetero) is 1. The van der Waals surface area contributed by atoms with Crippen LogP contribution in [0.1, 0.15) is 97.2 Å². The van der Waals surface area contributed by atoms with Gasteiger partial charge in [0.15, 0.2) is 0 Å². The summed E-state index contributed by atoms with van der Waals surface area (Å²) in [4.78, 5) is 33.0. The van der Waals surface area contributed by atoms with E-state index in [1.54, 1.807) is 11.3 Å². The summed E-state index contributed by atoms with van der Waals surface area (Å²) in [5.74, 6) is 0.899. The number of nitrogens with zero attached hydrogens (tertiary/aromatic N) is 2. The lowest BCUT2D eigenvalue weighted by atomic mass is 9.75. The molecule has 0 aliphatic carbocycles. The molecule has 5 atom stereocenters. The molecule has 0 saturated carbocycles. The summed E-state index contributed by atoms with van der Waals surface area (Å²) < 4.78 is 6.22. The van der Waals surface area contributed by atoms with E-state index in [2.05, 4.69) is 44.1 Å². The summed E-state index contributed by atoms with van der Waals surface area (Å²) in [5, 5.41) is 3.10. The smallest absolute Gasteiger partial charge is 0.222 e. The topological polar surface area (TPSA) is 62.8 Å². The van der Waals surface area contributed by atoms with E-state index in [4.69, 9.17) is 4.74 Å². The lowest BCUT2D eigenvalue weighted by molar-refractivity contribution is -0.134. The number of carbonyl (C=O) groups is 2. The minimum Gasteiger partial charge on any atom is -0.366 e. The third-order valence-electron chi connectivity index (χ3n) is 8.08. The number of likely N-dealkylation sites (N-methyl/N-ethyl adjacent to an activating group) is 1. The predicted octanol–water partition coefficient (Wildman–Crippen LogP) is 6.45. The van der Waals surface area contributed by atoms with Crippen LogP contribution in [0.25, 0.3) is 6.08 Å². The largest absolute Gasteiger partial charge is 0.366 e. The predicted molar refractivity (Wildman–Crippen MR) is 140 cm³/mol. The van der Waals surface area contributed by atoms with Gasteiger partial charge in [-0.25, -0.2) is 4.98 Å². The molecule has 2 aliphatic rings. The van der Waals surface area contributed by atoms with Crippen LogP contribution in [0.5, 0.6) is 0 Å². The zero-order valence-electron chi connectivity index (χ0n) is 22.4. The standard InChI is InChI=1S/C28H44N2O3S/c1-18-10-9-12-28(7)24(33-28)16-23(19(2)15-22-17-34-21(4)29-22)30(8)25(31)11-13-27(5,6)26(32)20(3)14-18/h15,17-18,20,23-24H,9-14,16H2,1-8H3. The zero-order chi connectivity index (χ0) is 25.3. The van der Waals surface area contributed by atoms with Gasteiger partial charge in [0.2, 0.25) is 5.91 Å². The van der Waals surface area contributed by atoms with Gasteiger partial charge in [-0.1, -0.05) is 40.5 Å². The second kappa shape index (κ2) is 10.6. The normalized spacial score (nSPS) is 34.1. The summed E-state index contributed by atoms with van der Waals surface area (Å²) in [6.45, 7) is 14.6. The van der Waals surface area contributed by atoms with Crippen LogP contribution in [0, 0.1) is 24.2 Å². The first-order valence-electron chi connectivity index (χ1n) is 12.9. The number of hydrogen-bond acceptors (Lipinski definition) is 5. The molecule has 0 aromatic carbocycles. The number of amides is 1. The average molecular weight is 489 g/mol. The summed E-state index contributed by atoms with van der Waals surface area (Å²) >= 11 is 1.64. The second-order valence-electron chi connectivity index (χ2n) is 11.7. The molecule has 1 aromatic rings. The Morgan fingerprint density at radius 1 is 1.21 bits per heavy atom. The number of thiazole rings is 1. The number of hydrogen-bond donors (Lipinski definition) is 0. The SMILES string of the molecule is CC(=Cc1csc(C)n1)C1CC2OC2(C)CCCC(C)CC(C)C(=O)C(C)(C)CCC(=O)N1C. The average Bonchev–Trinajstić information content (AvgIpc) is 3.21. The van der Waals surface area contributed by atoms with Crippen LogP contribution in [0.2, 0.25) is 0 Å². The molecule has 2 fully saturated rings. The number of epoxide rings is 1. The van der Waals surface area contributed by atoms with Crippen molar-refractivity contribution in [2.45, 2.75) is 111 Å². The van der Waals surface area contributed by atoms with Crippen LogP contribution < -0.4 is 0 Å². The Morgan fingerprint density at radius 2 is 1.91 bits per heavy atom. The van der Waals surface area contributed by atoms with Crippen LogP contribution in [0.4, 0.5) is 0 Å². The van der Waals surface area contributed by atoms with Gasteiger partial charge >= 0.3 is 0 Å². The lowest BCUT2D eigenvalue weighted by Gasteiger charge is -2.32. The maximum absolute atomic E-state index is 13.3. The Balaban J connectivity index is 1.85. The molecule has 2 saturated heterocycles. The first-order chi connectivity index (χ1) is 15.8. The highest BCUT2D eigenvalue weighted by molar-refractivity contribution is 7.09. The van der Waals surface area contributed by atoms with Crippen LogP contribution in [0.15, 0.2) is 11.0 Å². The van der Waals surface area contributed by atoms with Gasteiger partial charge in [0.05, 0.1) is 28.4 Å². The molecule has 5 nitrogen and oxygen atoms in total. The summed E-state index contributed by atoms with van der Waals surface area (Å²) in [6.07, 6.45) is 8.16. The van der Waals surface area contributed by atoms with Crippen LogP contribution in [-0.4, -0.2) is 46.4 Å². The van der Waals surface area contributed by atoms with E-state index in [0.29, 0.717) is 18.8 Å². The molecule has 0 spiro atoms. The first-order valence-corrected chi connectivity index (χ1v) is 13.8. The fourth-order valence-corrected chi connectivity index (χ4v) is 6.20. The molecular formula is C28H44N2O3S. The van der Waals surface area contributed by atoms with E-state index in [9.17, 15) is 9.59 Å². The molecule has 0 bridgehead atoms. The Labute approximate surface area is 210 Å². The zero-order valence-corrected chi connectivity index (χ0v) is 23.3. The van der Waals surface area contributed by atoms with Crippen molar-refractivity contribution < 1.29 is 14.3 Å². The number of ether oxygens (including phenoxy) is 1. The fourth-order valence-electron chi connectivity index (χ4n) is 5.63. The highest BCUT2D eigenvalue weighted by atomic mass is 32.1. The quantitative estimate of drug-likeness (QED) is 0.449. The van der Waals surface area contributed by atoms with Crippen molar-refractivity contribution in [3.8, 4) is 0 Å². The Morgan fingerprint density at radius 3 is 2.56 bits per heavy atom. The van der Waals surface area contributed by atoms with Crippen molar-refractivity contribution in [1.29, 1.82) is 0 Å². The highest BCUT2D eigenvalue weighted by Crippen LogP contribution is 2.45. The molecule has 0 N–H and O–H groups in total. The van der Waals surface area contributed by atoms with Gasteiger partial charge in [0.25, 0.3) is 0 Å². The number of ketones is 1. The van der Waals surface area contributed by atoms with Gasteiger partial charge in [-0.2, -0.15) is 0 Å². The summed E-state index contributed by atoms with van der Waals surface area (Å²) in [5.41, 5.74) is 1.46. The molecule has 0 radical (unpaired) electrons. The van der Waals surface area contributed by atoms with Crippen molar-refractivity contribution >= 4 is 29.1 Å². The molecule has 190 valence electrons. The molecule has 5 unspecified atom stereocenters. The van der Waals surface area contributed by atoms with Crippen molar-refractivity contribution in [3.05, 3.63) is 21.7 Å². The number of fused-ring (bicyclic) bond motifs is 1. The molecule has 1 aromatic heterocycles. The van der Waals surface area contributed by atoms with Crippen LogP contribution in [-0.2, 0) is 14.3 Å². The van der Waals surface area contributed by atoms with Crippen molar-refractivity contribution in [1.82, 2.24) is 9.88 Å². The fraction of sp³-hybridized carbons (Fsp3) is 0.750. The van der Waals surface area contributed by atoms with E-state index < -0.39 is 5.41 Å². The van der Waals surface area contributed by atoms with Crippen LogP contribution in [0.3, 0.4) is 0 Å². The van der Waals surface area contributed by atoms with E-state index in [-0.39, 0.29) is 35.4 Å². The monoisotopic (exact) mass is 488 g/mol. The van der Waals surface area contributed by atoms with Gasteiger partial charge in [-0.05, 0) is 57.6 Å². The molecule has 6 heteroatoms. The van der Waals surface area contributed by atoms with Gasteiger partial charge in [-0.3, -0.25) is 9.59 Å². The van der Waals surface area contributed by atoms with Crippen molar-refractivity contribution in [2.75, 3.05) is 7.05 Å². The maximum atomic E-state index is 13.3. The Hall–Kier alpha value is -1.53. The van der Waals surface area contributed by atoms with Crippen LogP contribution >= 0.6 is 11.3 Å². The minimum absolute atomic E-state index is 0.0192. The van der Waals surface area contributed by atoms with Crippen molar-refractivity contribution in [3.63, 3.8) is 0 Å². The third kappa shape index (κ3) is 6.57. The first kappa shape index (κ1) is 27.1. The van der Waals surface area contributed by atoms with Gasteiger partial charge < -0.3 is 9.64 Å². The van der Waals surface area contributed by atoms with Crippen molar-refractivity contribution in [2.24, 2.45) is 17.3 Å². The maximum Gasteiger partial charge on any atom is 0.222 e. The lowest BCUT2D eigenvalue weighted by Crippen LogP contribution is -2.40. The Kier molecular flexibility index (Phi) is 8.45. The third-order valence-corrected chi connectivity index (χ3v) is 8.87. The van der Waals surface area contributed by atoms with Gasteiger partial charge in [0, 0.05) is 36.6 Å². The number of carbonyl (C=O) groups excluding carboxylic acids is 2. The van der Waals surface area contributed by atoms with Gasteiger partial charge in [0.1, 0.15) is 5.78 Å².